The van der Waals surface area contributed by atoms with Crippen molar-refractivity contribution >= 4 is 11.9 Å². The number of rotatable bonds is 57. The van der Waals surface area contributed by atoms with E-state index >= 15 is 0 Å². The SMILES string of the molecule is CCCCC/C=C\C/C=C\C/C=C\C/C=C\CCCCCC(=O)OC(CCCCCCCCC/C=C/CCCCCCCC)CC(=O)NC(CO)C(O)CCCCCCCCCCCCCCCCCCC. The summed E-state index contributed by atoms with van der Waals surface area (Å²) in [5, 5.41) is 24.0. The van der Waals surface area contributed by atoms with Crippen LogP contribution in [0.2, 0.25) is 0 Å². The predicted octanol–water partition coefficient (Wildman–Crippen LogP) is 19.9. The molecule has 420 valence electrons. The van der Waals surface area contributed by atoms with Gasteiger partial charge in [-0.25, -0.2) is 0 Å². The molecule has 0 rings (SSSR count). The Morgan fingerprint density at radius 3 is 1.11 bits per heavy atom. The minimum Gasteiger partial charge on any atom is -0.462 e. The highest BCUT2D eigenvalue weighted by molar-refractivity contribution is 5.77. The molecule has 0 spiro atoms. The van der Waals surface area contributed by atoms with Crippen LogP contribution in [-0.2, 0) is 14.3 Å². The fourth-order valence-corrected chi connectivity index (χ4v) is 9.53. The number of hydrogen-bond acceptors (Lipinski definition) is 5. The fourth-order valence-electron chi connectivity index (χ4n) is 9.53. The number of nitrogens with one attached hydrogen (secondary N) is 1. The first-order chi connectivity index (χ1) is 35.5. The van der Waals surface area contributed by atoms with Crippen molar-refractivity contribution in [3.05, 3.63) is 60.8 Å². The predicted molar refractivity (Wildman–Crippen MR) is 315 cm³/mol. The Balaban J connectivity index is 4.60. The van der Waals surface area contributed by atoms with Gasteiger partial charge >= 0.3 is 5.97 Å². The molecule has 3 atom stereocenters. The summed E-state index contributed by atoms with van der Waals surface area (Å²) < 4.78 is 5.97. The van der Waals surface area contributed by atoms with Gasteiger partial charge in [0, 0.05) is 6.42 Å². The fraction of sp³-hybridized carbons (Fsp3) is 0.818. The van der Waals surface area contributed by atoms with Crippen LogP contribution < -0.4 is 5.32 Å². The molecule has 0 radical (unpaired) electrons. The summed E-state index contributed by atoms with van der Waals surface area (Å²) in [4.78, 5) is 26.4. The van der Waals surface area contributed by atoms with Gasteiger partial charge in [0.25, 0.3) is 0 Å². The molecule has 0 aliphatic rings. The van der Waals surface area contributed by atoms with Gasteiger partial charge < -0.3 is 20.3 Å². The van der Waals surface area contributed by atoms with Gasteiger partial charge in [-0.2, -0.15) is 0 Å². The second kappa shape index (κ2) is 59.4. The Hall–Kier alpha value is -2.44. The van der Waals surface area contributed by atoms with Gasteiger partial charge in [0.2, 0.25) is 5.91 Å². The van der Waals surface area contributed by atoms with E-state index in [-0.39, 0.29) is 24.9 Å². The van der Waals surface area contributed by atoms with Crippen molar-refractivity contribution in [3.8, 4) is 0 Å². The van der Waals surface area contributed by atoms with Gasteiger partial charge in [0.15, 0.2) is 0 Å². The van der Waals surface area contributed by atoms with Crippen molar-refractivity contribution in [1.82, 2.24) is 5.32 Å². The third-order valence-electron chi connectivity index (χ3n) is 14.3. The Kier molecular flexibility index (Phi) is 57.4. The largest absolute Gasteiger partial charge is 0.462 e. The van der Waals surface area contributed by atoms with Crippen molar-refractivity contribution in [2.75, 3.05) is 6.61 Å². The Morgan fingerprint density at radius 2 is 0.708 bits per heavy atom. The van der Waals surface area contributed by atoms with E-state index < -0.39 is 18.2 Å². The lowest BCUT2D eigenvalue weighted by Gasteiger charge is -2.24. The molecule has 6 heteroatoms. The summed E-state index contributed by atoms with van der Waals surface area (Å²) in [6.45, 7) is 6.49. The minimum atomic E-state index is -0.798. The molecule has 6 nitrogen and oxygen atoms in total. The van der Waals surface area contributed by atoms with Gasteiger partial charge in [0.05, 0.1) is 25.2 Å². The molecule has 72 heavy (non-hydrogen) atoms. The van der Waals surface area contributed by atoms with Crippen LogP contribution in [0.15, 0.2) is 60.8 Å². The van der Waals surface area contributed by atoms with E-state index in [0.717, 1.165) is 83.5 Å². The first-order valence-corrected chi connectivity index (χ1v) is 31.5. The van der Waals surface area contributed by atoms with Crippen molar-refractivity contribution < 1.29 is 24.5 Å². The number of unbranched alkanes of at least 4 members (excludes halogenated alkanes) is 35. The number of carbonyl (C=O) groups is 2. The van der Waals surface area contributed by atoms with E-state index in [0.29, 0.717) is 19.3 Å². The number of esters is 1. The van der Waals surface area contributed by atoms with Crippen molar-refractivity contribution in [1.29, 1.82) is 0 Å². The van der Waals surface area contributed by atoms with E-state index in [4.69, 9.17) is 4.74 Å². The highest BCUT2D eigenvalue weighted by atomic mass is 16.5. The Bertz CT molecular complexity index is 1270. The van der Waals surface area contributed by atoms with Crippen molar-refractivity contribution in [3.63, 3.8) is 0 Å². The molecule has 0 saturated heterocycles. The molecule has 1 amide bonds. The maximum atomic E-state index is 13.3. The summed E-state index contributed by atoms with van der Waals surface area (Å²) in [7, 11) is 0. The number of aliphatic hydroxyl groups excluding tert-OH is 2. The third-order valence-corrected chi connectivity index (χ3v) is 14.3. The topological polar surface area (TPSA) is 95.9 Å². The smallest absolute Gasteiger partial charge is 0.306 e. The molecule has 0 saturated carbocycles. The quantitative estimate of drug-likeness (QED) is 0.0320. The zero-order valence-corrected chi connectivity index (χ0v) is 48.1. The highest BCUT2D eigenvalue weighted by Crippen LogP contribution is 2.19. The lowest BCUT2D eigenvalue weighted by molar-refractivity contribution is -0.151. The highest BCUT2D eigenvalue weighted by Gasteiger charge is 2.24. The third kappa shape index (κ3) is 53.8. The number of amides is 1. The van der Waals surface area contributed by atoms with Gasteiger partial charge in [-0.05, 0) is 96.3 Å². The molecule has 0 heterocycles. The molecule has 0 aliphatic heterocycles. The zero-order chi connectivity index (χ0) is 52.3. The monoisotopic (exact) mass is 1010 g/mol. The molecule has 0 fully saturated rings. The van der Waals surface area contributed by atoms with Crippen LogP contribution >= 0.6 is 0 Å². The average molecular weight is 1010 g/mol. The van der Waals surface area contributed by atoms with E-state index in [1.54, 1.807) is 0 Å². The van der Waals surface area contributed by atoms with Crippen LogP contribution in [0, 0.1) is 0 Å². The first kappa shape index (κ1) is 69.6. The van der Waals surface area contributed by atoms with E-state index in [1.807, 2.05) is 0 Å². The van der Waals surface area contributed by atoms with Gasteiger partial charge in [0.1, 0.15) is 6.10 Å². The normalized spacial score (nSPS) is 13.5. The molecule has 0 aromatic rings. The summed E-state index contributed by atoms with van der Waals surface area (Å²) in [6.07, 6.45) is 75.7. The average Bonchev–Trinajstić information content (AvgIpc) is 3.37. The number of aliphatic hydroxyl groups is 2. The second-order valence-electron chi connectivity index (χ2n) is 21.5. The van der Waals surface area contributed by atoms with E-state index in [2.05, 4.69) is 86.8 Å². The van der Waals surface area contributed by atoms with Crippen LogP contribution in [-0.4, -0.2) is 46.9 Å². The van der Waals surface area contributed by atoms with Crippen molar-refractivity contribution in [2.45, 2.75) is 341 Å². The van der Waals surface area contributed by atoms with Crippen LogP contribution in [0.3, 0.4) is 0 Å². The number of allylic oxidation sites excluding steroid dienone is 10. The lowest BCUT2D eigenvalue weighted by atomic mass is 10.0. The second-order valence-corrected chi connectivity index (χ2v) is 21.5. The minimum absolute atomic E-state index is 0.0620. The molecule has 0 aliphatic carbocycles. The van der Waals surface area contributed by atoms with Crippen LogP contribution in [0.1, 0.15) is 323 Å². The van der Waals surface area contributed by atoms with Gasteiger partial charge in [-0.1, -0.05) is 274 Å². The number of carbonyl (C=O) groups excluding carboxylic acids is 2. The van der Waals surface area contributed by atoms with Gasteiger partial charge in [-0.3, -0.25) is 9.59 Å². The Morgan fingerprint density at radius 1 is 0.403 bits per heavy atom. The molecule has 0 bridgehead atoms. The van der Waals surface area contributed by atoms with Crippen LogP contribution in [0.4, 0.5) is 0 Å². The summed E-state index contributed by atoms with van der Waals surface area (Å²) >= 11 is 0. The molecule has 0 aromatic carbocycles. The van der Waals surface area contributed by atoms with Crippen LogP contribution in [0.5, 0.6) is 0 Å². The number of ether oxygens (including phenoxy) is 1. The molecule has 3 unspecified atom stereocenters. The van der Waals surface area contributed by atoms with E-state index in [9.17, 15) is 19.8 Å². The summed E-state index contributed by atoms with van der Waals surface area (Å²) in [6, 6.07) is -0.713. The lowest BCUT2D eigenvalue weighted by Crippen LogP contribution is -2.46. The molecular formula is C66H121NO5. The standard InChI is InChI=1S/C66H121NO5/c1-4-7-10-13-16-19-22-25-28-31-32-35-38-41-44-47-50-53-56-59-66(71)72-62(57-54-51-48-45-42-39-36-33-29-26-23-20-17-14-11-8-5-2)60-65(70)67-63(61-68)64(69)58-55-52-49-46-43-40-37-34-30-27-24-21-18-15-12-9-6-3/h16,19,25-26,28-29,32,35,41,44,62-64,68-69H,4-15,17-18,20-24,27,30-31,33-34,36-40,42-43,45-61H2,1-3H3,(H,67,70)/b19-16-,28-25-,29-26+,35-32-,44-41-. The summed E-state index contributed by atoms with van der Waals surface area (Å²) in [5.41, 5.74) is 0. The van der Waals surface area contributed by atoms with E-state index in [1.165, 1.54) is 193 Å². The molecular weight excluding hydrogens is 887 g/mol. The summed E-state index contributed by atoms with van der Waals surface area (Å²) in [5.74, 6) is -0.502. The first-order valence-electron chi connectivity index (χ1n) is 31.5. The van der Waals surface area contributed by atoms with Gasteiger partial charge in [-0.15, -0.1) is 0 Å². The zero-order valence-electron chi connectivity index (χ0n) is 48.1. The number of hydrogen-bond donors (Lipinski definition) is 3. The maximum absolute atomic E-state index is 13.3. The Labute approximate surface area is 448 Å². The van der Waals surface area contributed by atoms with Crippen LogP contribution in [0.25, 0.3) is 0 Å². The maximum Gasteiger partial charge on any atom is 0.306 e. The molecule has 3 N–H and O–H groups in total. The van der Waals surface area contributed by atoms with Crippen molar-refractivity contribution in [2.24, 2.45) is 0 Å². The molecule has 0 aromatic heterocycles.